The highest BCUT2D eigenvalue weighted by Gasteiger charge is 2.53. The summed E-state index contributed by atoms with van der Waals surface area (Å²) in [5.41, 5.74) is 3.08. The molecule has 0 radical (unpaired) electrons. The smallest absolute Gasteiger partial charge is 0.236 e. The Hall–Kier alpha value is -1.55. The zero-order valence-corrected chi connectivity index (χ0v) is 18.2. The Kier molecular flexibility index (Phi) is 5.43. The Morgan fingerprint density at radius 3 is 2.14 bits per heavy atom. The van der Waals surface area contributed by atoms with Gasteiger partial charge < -0.3 is 9.80 Å². The van der Waals surface area contributed by atoms with Gasteiger partial charge in [0.1, 0.15) is 0 Å². The molecule has 0 aromatic heterocycles. The summed E-state index contributed by atoms with van der Waals surface area (Å²) in [4.78, 5) is 19.6. The van der Waals surface area contributed by atoms with Gasteiger partial charge in [-0.25, -0.2) is 0 Å². The fourth-order valence-corrected chi connectivity index (χ4v) is 5.22. The molecule has 3 fully saturated rings. The van der Waals surface area contributed by atoms with E-state index in [9.17, 15) is 4.79 Å². The number of likely N-dealkylation sites (tertiary alicyclic amines) is 2. The maximum Gasteiger partial charge on any atom is 0.236 e. The lowest BCUT2D eigenvalue weighted by Gasteiger charge is -2.61. The second-order valence-corrected chi connectivity index (χ2v) is 10.2. The molecule has 28 heavy (non-hydrogen) atoms. The van der Waals surface area contributed by atoms with Crippen LogP contribution in [0.25, 0.3) is 0 Å². The topological polar surface area (TPSA) is 26.8 Å². The quantitative estimate of drug-likeness (QED) is 0.773. The third-order valence-electron chi connectivity index (χ3n) is 7.32. The number of carbonyl (C=O) groups is 1. The summed E-state index contributed by atoms with van der Waals surface area (Å²) in [6.45, 7) is 16.0. The second kappa shape index (κ2) is 7.70. The molecule has 3 heterocycles. The van der Waals surface area contributed by atoms with E-state index in [0.717, 1.165) is 51.1 Å². The fraction of sp³-hybridized carbons (Fsp3) is 0.708. The van der Waals surface area contributed by atoms with E-state index < -0.39 is 0 Å². The first-order valence-corrected chi connectivity index (χ1v) is 11.2. The van der Waals surface area contributed by atoms with Crippen molar-refractivity contribution in [3.63, 3.8) is 0 Å². The number of hydrogen-bond acceptors (Lipinski definition) is 3. The lowest BCUT2D eigenvalue weighted by molar-refractivity contribution is -0.146. The molecule has 1 aromatic rings. The standard InChI is InChI=1S/C24H37N3O/c1-18(2)20-5-7-22(8-6-20)26-14-24(15-26)16-27(17-24)23(28)13-25-11-9-21(10-12-25)19(3)4/h5-8,18-19,21H,9-17H2,1-4H3. The molecular formula is C24H37N3O. The average Bonchev–Trinajstić information content (AvgIpc) is 2.60. The number of piperidine rings is 1. The van der Waals surface area contributed by atoms with Crippen LogP contribution < -0.4 is 4.90 Å². The van der Waals surface area contributed by atoms with Gasteiger partial charge in [-0.2, -0.15) is 0 Å². The van der Waals surface area contributed by atoms with Gasteiger partial charge in [0.2, 0.25) is 5.91 Å². The first kappa shape index (κ1) is 19.8. The van der Waals surface area contributed by atoms with Gasteiger partial charge in [-0.05, 0) is 61.4 Å². The van der Waals surface area contributed by atoms with Crippen molar-refractivity contribution in [2.75, 3.05) is 50.7 Å². The number of nitrogens with zero attached hydrogens (tertiary/aromatic N) is 3. The Bertz CT molecular complexity index is 674. The van der Waals surface area contributed by atoms with Crippen LogP contribution in [-0.4, -0.2) is 61.5 Å². The molecular weight excluding hydrogens is 346 g/mol. The van der Waals surface area contributed by atoms with Crippen LogP contribution in [0.1, 0.15) is 52.0 Å². The summed E-state index contributed by atoms with van der Waals surface area (Å²) in [5, 5.41) is 0. The molecule has 0 saturated carbocycles. The van der Waals surface area contributed by atoms with Crippen LogP contribution in [0, 0.1) is 17.3 Å². The first-order chi connectivity index (χ1) is 13.3. The molecule has 0 unspecified atom stereocenters. The molecule has 3 saturated heterocycles. The van der Waals surface area contributed by atoms with E-state index in [4.69, 9.17) is 0 Å². The van der Waals surface area contributed by atoms with E-state index in [1.807, 2.05) is 0 Å². The molecule has 4 nitrogen and oxygen atoms in total. The normalized spacial score (nSPS) is 22.6. The summed E-state index contributed by atoms with van der Waals surface area (Å²) in [7, 11) is 0. The van der Waals surface area contributed by atoms with E-state index in [2.05, 4.69) is 66.7 Å². The Morgan fingerprint density at radius 2 is 1.61 bits per heavy atom. The number of carbonyl (C=O) groups excluding carboxylic acids is 1. The van der Waals surface area contributed by atoms with E-state index in [1.165, 1.54) is 24.1 Å². The van der Waals surface area contributed by atoms with Crippen molar-refractivity contribution in [1.82, 2.24) is 9.80 Å². The summed E-state index contributed by atoms with van der Waals surface area (Å²) < 4.78 is 0. The zero-order chi connectivity index (χ0) is 19.9. The third kappa shape index (κ3) is 3.94. The van der Waals surface area contributed by atoms with Gasteiger partial charge in [-0.3, -0.25) is 9.69 Å². The molecule has 0 atom stereocenters. The lowest BCUT2D eigenvalue weighted by Crippen LogP contribution is -2.73. The van der Waals surface area contributed by atoms with Crippen LogP contribution in [0.15, 0.2) is 24.3 Å². The van der Waals surface area contributed by atoms with Gasteiger partial charge in [0.05, 0.1) is 6.54 Å². The highest BCUT2D eigenvalue weighted by molar-refractivity contribution is 5.79. The third-order valence-corrected chi connectivity index (χ3v) is 7.32. The minimum atomic E-state index is 0.341. The molecule has 1 spiro atoms. The first-order valence-electron chi connectivity index (χ1n) is 11.2. The Labute approximate surface area is 170 Å². The minimum Gasteiger partial charge on any atom is -0.370 e. The van der Waals surface area contributed by atoms with Crippen LogP contribution in [0.2, 0.25) is 0 Å². The predicted octanol–water partition coefficient (Wildman–Crippen LogP) is 3.83. The Morgan fingerprint density at radius 1 is 1.00 bits per heavy atom. The zero-order valence-electron chi connectivity index (χ0n) is 18.2. The van der Waals surface area contributed by atoms with Crippen LogP contribution in [0.3, 0.4) is 0 Å². The van der Waals surface area contributed by atoms with Gasteiger partial charge in [0.25, 0.3) is 0 Å². The predicted molar refractivity (Wildman–Crippen MR) is 116 cm³/mol. The molecule has 4 heteroatoms. The van der Waals surface area contributed by atoms with Crippen molar-refractivity contribution in [1.29, 1.82) is 0 Å². The largest absolute Gasteiger partial charge is 0.370 e. The van der Waals surface area contributed by atoms with Crippen LogP contribution in [0.4, 0.5) is 5.69 Å². The van der Waals surface area contributed by atoms with Crippen molar-refractivity contribution in [3.05, 3.63) is 29.8 Å². The number of hydrogen-bond donors (Lipinski definition) is 0. The van der Waals surface area contributed by atoms with Gasteiger partial charge >= 0.3 is 0 Å². The van der Waals surface area contributed by atoms with E-state index in [-0.39, 0.29) is 0 Å². The molecule has 1 amide bonds. The van der Waals surface area contributed by atoms with Crippen LogP contribution in [-0.2, 0) is 4.79 Å². The summed E-state index contributed by atoms with van der Waals surface area (Å²) in [6.07, 6.45) is 2.50. The van der Waals surface area contributed by atoms with E-state index >= 15 is 0 Å². The molecule has 0 aliphatic carbocycles. The van der Waals surface area contributed by atoms with Crippen LogP contribution in [0.5, 0.6) is 0 Å². The minimum absolute atomic E-state index is 0.341. The van der Waals surface area contributed by atoms with Crippen molar-refractivity contribution in [2.45, 2.75) is 46.5 Å². The monoisotopic (exact) mass is 383 g/mol. The molecule has 3 aliphatic heterocycles. The van der Waals surface area contributed by atoms with Crippen LogP contribution >= 0.6 is 0 Å². The molecule has 3 aliphatic rings. The second-order valence-electron chi connectivity index (χ2n) is 10.2. The van der Waals surface area contributed by atoms with Crippen molar-refractivity contribution >= 4 is 11.6 Å². The maximum atomic E-state index is 12.7. The van der Waals surface area contributed by atoms with E-state index in [1.54, 1.807) is 0 Å². The van der Waals surface area contributed by atoms with Crippen molar-refractivity contribution in [2.24, 2.45) is 17.3 Å². The molecule has 1 aromatic carbocycles. The number of anilines is 1. The molecule has 0 N–H and O–H groups in total. The van der Waals surface area contributed by atoms with Gasteiger partial charge in [-0.1, -0.05) is 39.8 Å². The van der Waals surface area contributed by atoms with Gasteiger partial charge in [0.15, 0.2) is 0 Å². The molecule has 4 rings (SSSR count). The average molecular weight is 384 g/mol. The number of rotatable bonds is 5. The highest BCUT2D eigenvalue weighted by atomic mass is 16.2. The Balaban J connectivity index is 1.20. The SMILES string of the molecule is CC(C)c1ccc(N2CC3(CN(C(=O)CN4CCC(C(C)C)CC4)C3)C2)cc1. The summed E-state index contributed by atoms with van der Waals surface area (Å²) in [6, 6.07) is 9.02. The maximum absolute atomic E-state index is 12.7. The molecule has 0 bridgehead atoms. The number of amides is 1. The number of benzene rings is 1. The van der Waals surface area contributed by atoms with Gasteiger partial charge in [-0.15, -0.1) is 0 Å². The fourth-order valence-electron chi connectivity index (χ4n) is 5.22. The highest BCUT2D eigenvalue weighted by Crippen LogP contribution is 2.42. The lowest BCUT2D eigenvalue weighted by atomic mass is 9.72. The van der Waals surface area contributed by atoms with Gasteiger partial charge in [0, 0.05) is 37.3 Å². The van der Waals surface area contributed by atoms with Crippen molar-refractivity contribution < 1.29 is 4.79 Å². The van der Waals surface area contributed by atoms with Crippen molar-refractivity contribution in [3.8, 4) is 0 Å². The van der Waals surface area contributed by atoms with E-state index in [0.29, 0.717) is 23.8 Å². The molecule has 154 valence electrons. The summed E-state index contributed by atoms with van der Waals surface area (Å²) in [5.74, 6) is 2.54. The summed E-state index contributed by atoms with van der Waals surface area (Å²) >= 11 is 0.